The Morgan fingerprint density at radius 3 is 2.52 bits per heavy atom. The Hall–Kier alpha value is -2.54. The molecule has 27 heavy (non-hydrogen) atoms. The number of rotatable bonds is 3. The molecule has 142 valence electrons. The monoisotopic (exact) mass is 374 g/mol. The second-order valence-corrected chi connectivity index (χ2v) is 7.02. The van der Waals surface area contributed by atoms with Crippen LogP contribution in [0.5, 0.6) is 0 Å². The van der Waals surface area contributed by atoms with Gasteiger partial charge in [-0.15, -0.1) is 0 Å². The number of piperazine rings is 1. The van der Waals surface area contributed by atoms with E-state index < -0.39 is 11.7 Å². The molecule has 0 unspecified atom stereocenters. The molecule has 0 aliphatic carbocycles. The molecule has 2 aromatic heterocycles. The molecule has 4 rings (SSSR count). The molecule has 3 heterocycles. The zero-order chi connectivity index (χ0) is 19.0. The largest absolute Gasteiger partial charge is 0.416 e. The van der Waals surface area contributed by atoms with E-state index in [1.165, 1.54) is 17.7 Å². The number of aromatic nitrogens is 2. The Kier molecular flexibility index (Phi) is 4.55. The van der Waals surface area contributed by atoms with Gasteiger partial charge in [-0.25, -0.2) is 4.98 Å². The summed E-state index contributed by atoms with van der Waals surface area (Å²) in [4.78, 5) is 8.95. The fourth-order valence-corrected chi connectivity index (χ4v) is 3.50. The smallest absolute Gasteiger partial charge is 0.369 e. The third kappa shape index (κ3) is 3.93. The first-order valence-electron chi connectivity index (χ1n) is 8.97. The summed E-state index contributed by atoms with van der Waals surface area (Å²) in [5, 5.41) is 0. The molecule has 1 saturated heterocycles. The third-order valence-corrected chi connectivity index (χ3v) is 4.95. The molecule has 0 N–H and O–H groups in total. The first-order valence-corrected chi connectivity index (χ1v) is 8.97. The van der Waals surface area contributed by atoms with Crippen LogP contribution in [0, 0.1) is 6.92 Å². The number of aryl methyl sites for hydroxylation is 1. The zero-order valence-electron chi connectivity index (χ0n) is 15.1. The summed E-state index contributed by atoms with van der Waals surface area (Å²) in [5.74, 6) is 0. The first kappa shape index (κ1) is 17.9. The standard InChI is InChI=1S/C20H21F3N4/c1-15-5-6-19-24-17(14-27(19)12-15)13-25-7-9-26(10-8-25)18-4-2-3-16(11-18)20(21,22)23/h2-6,11-12,14H,7-10,13H2,1H3. The van der Waals surface area contributed by atoms with Crippen LogP contribution in [0.15, 0.2) is 48.8 Å². The highest BCUT2D eigenvalue weighted by Crippen LogP contribution is 2.31. The Balaban J connectivity index is 1.40. The number of hydrogen-bond acceptors (Lipinski definition) is 3. The Morgan fingerprint density at radius 2 is 1.78 bits per heavy atom. The predicted octanol–water partition coefficient (Wildman–Crippen LogP) is 3.98. The van der Waals surface area contributed by atoms with Crippen LogP contribution in [-0.4, -0.2) is 40.5 Å². The molecule has 0 bridgehead atoms. The lowest BCUT2D eigenvalue weighted by Gasteiger charge is -2.36. The molecule has 4 nitrogen and oxygen atoms in total. The van der Waals surface area contributed by atoms with Crippen molar-refractivity contribution in [3.63, 3.8) is 0 Å². The number of pyridine rings is 1. The van der Waals surface area contributed by atoms with Crippen LogP contribution < -0.4 is 4.90 Å². The molecule has 3 aromatic rings. The van der Waals surface area contributed by atoms with Gasteiger partial charge < -0.3 is 9.30 Å². The van der Waals surface area contributed by atoms with Crippen LogP contribution in [0.1, 0.15) is 16.8 Å². The van der Waals surface area contributed by atoms with Crippen molar-refractivity contribution in [3.05, 3.63) is 65.6 Å². The van der Waals surface area contributed by atoms with Crippen LogP contribution in [0.3, 0.4) is 0 Å². The quantitative estimate of drug-likeness (QED) is 0.693. The van der Waals surface area contributed by atoms with E-state index in [4.69, 9.17) is 0 Å². The van der Waals surface area contributed by atoms with Gasteiger partial charge in [0.15, 0.2) is 0 Å². The van der Waals surface area contributed by atoms with Crippen molar-refractivity contribution in [1.29, 1.82) is 0 Å². The number of alkyl halides is 3. The highest BCUT2D eigenvalue weighted by molar-refractivity contribution is 5.49. The number of hydrogen-bond donors (Lipinski definition) is 0. The maximum absolute atomic E-state index is 12.9. The van der Waals surface area contributed by atoms with Gasteiger partial charge >= 0.3 is 6.18 Å². The lowest BCUT2D eigenvalue weighted by molar-refractivity contribution is -0.137. The van der Waals surface area contributed by atoms with Gasteiger partial charge in [0, 0.05) is 50.8 Å². The zero-order valence-corrected chi connectivity index (χ0v) is 15.1. The summed E-state index contributed by atoms with van der Waals surface area (Å²) < 4.78 is 40.8. The predicted molar refractivity (Wildman–Crippen MR) is 98.9 cm³/mol. The second-order valence-electron chi connectivity index (χ2n) is 7.02. The van der Waals surface area contributed by atoms with Gasteiger partial charge in [-0.1, -0.05) is 12.1 Å². The average Bonchev–Trinajstić information content (AvgIpc) is 3.03. The van der Waals surface area contributed by atoms with E-state index in [1.54, 1.807) is 6.07 Å². The van der Waals surface area contributed by atoms with Crippen LogP contribution in [-0.2, 0) is 12.7 Å². The Morgan fingerprint density at radius 1 is 1.00 bits per heavy atom. The van der Waals surface area contributed by atoms with Crippen molar-refractivity contribution in [2.75, 3.05) is 31.1 Å². The van der Waals surface area contributed by atoms with Crippen LogP contribution in [0.4, 0.5) is 18.9 Å². The average molecular weight is 374 g/mol. The molecule has 0 amide bonds. The van der Waals surface area contributed by atoms with Crippen LogP contribution in [0.25, 0.3) is 5.65 Å². The summed E-state index contributed by atoms with van der Waals surface area (Å²) in [6.45, 7) is 5.79. The summed E-state index contributed by atoms with van der Waals surface area (Å²) in [5.41, 5.74) is 3.16. The third-order valence-electron chi connectivity index (χ3n) is 4.95. The van der Waals surface area contributed by atoms with Crippen molar-refractivity contribution >= 4 is 11.3 Å². The minimum atomic E-state index is -4.31. The van der Waals surface area contributed by atoms with Crippen LogP contribution in [0.2, 0.25) is 0 Å². The van der Waals surface area contributed by atoms with E-state index in [0.717, 1.165) is 37.0 Å². The van der Waals surface area contributed by atoms with E-state index in [2.05, 4.69) is 16.1 Å². The summed E-state index contributed by atoms with van der Waals surface area (Å²) in [7, 11) is 0. The molecule has 0 spiro atoms. The van der Waals surface area contributed by atoms with E-state index in [9.17, 15) is 13.2 Å². The van der Waals surface area contributed by atoms with E-state index in [-0.39, 0.29) is 0 Å². The fourth-order valence-electron chi connectivity index (χ4n) is 3.50. The van der Waals surface area contributed by atoms with Gasteiger partial charge in [0.2, 0.25) is 0 Å². The normalized spacial score (nSPS) is 16.2. The number of imidazole rings is 1. The van der Waals surface area contributed by atoms with Gasteiger partial charge in [-0.2, -0.15) is 13.2 Å². The van der Waals surface area contributed by atoms with E-state index in [0.29, 0.717) is 18.8 Å². The Labute approximate surface area is 155 Å². The molecule has 0 atom stereocenters. The van der Waals surface area contributed by atoms with Crippen molar-refractivity contribution in [3.8, 4) is 0 Å². The van der Waals surface area contributed by atoms with Crippen LogP contribution >= 0.6 is 0 Å². The molecule has 1 aliphatic rings. The summed E-state index contributed by atoms with van der Waals surface area (Å²) in [6, 6.07) is 9.62. The summed E-state index contributed by atoms with van der Waals surface area (Å²) in [6.07, 6.45) is -0.210. The van der Waals surface area contributed by atoms with Crippen molar-refractivity contribution in [2.45, 2.75) is 19.6 Å². The van der Waals surface area contributed by atoms with Gasteiger partial charge in [0.25, 0.3) is 0 Å². The molecule has 1 aliphatic heterocycles. The highest BCUT2D eigenvalue weighted by atomic mass is 19.4. The minimum absolute atomic E-state index is 0.595. The highest BCUT2D eigenvalue weighted by Gasteiger charge is 2.31. The number of benzene rings is 1. The molecule has 0 radical (unpaired) electrons. The van der Waals surface area contributed by atoms with Gasteiger partial charge in [0.05, 0.1) is 11.3 Å². The second kappa shape index (κ2) is 6.88. The topological polar surface area (TPSA) is 23.8 Å². The van der Waals surface area contributed by atoms with Gasteiger partial charge in [-0.3, -0.25) is 4.90 Å². The maximum Gasteiger partial charge on any atom is 0.416 e. The SMILES string of the molecule is Cc1ccc2nc(CN3CCN(c4cccc(C(F)(F)F)c4)CC3)cn2c1. The van der Waals surface area contributed by atoms with Crippen molar-refractivity contribution in [2.24, 2.45) is 0 Å². The van der Waals surface area contributed by atoms with E-state index in [1.807, 2.05) is 34.6 Å². The summed E-state index contributed by atoms with van der Waals surface area (Å²) >= 11 is 0. The molecular weight excluding hydrogens is 353 g/mol. The first-order chi connectivity index (χ1) is 12.9. The number of fused-ring (bicyclic) bond motifs is 1. The minimum Gasteiger partial charge on any atom is -0.369 e. The molecular formula is C20H21F3N4. The van der Waals surface area contributed by atoms with Gasteiger partial charge in [-0.05, 0) is 36.8 Å². The number of anilines is 1. The maximum atomic E-state index is 12.9. The molecule has 1 aromatic carbocycles. The molecule has 7 heteroatoms. The lowest BCUT2D eigenvalue weighted by Crippen LogP contribution is -2.46. The lowest BCUT2D eigenvalue weighted by atomic mass is 10.1. The number of nitrogens with zero attached hydrogens (tertiary/aromatic N) is 4. The fraction of sp³-hybridized carbons (Fsp3) is 0.350. The van der Waals surface area contributed by atoms with Crippen molar-refractivity contribution < 1.29 is 13.2 Å². The molecule has 1 fully saturated rings. The van der Waals surface area contributed by atoms with Gasteiger partial charge in [0.1, 0.15) is 5.65 Å². The van der Waals surface area contributed by atoms with E-state index >= 15 is 0 Å². The Bertz CT molecular complexity index is 940. The number of halogens is 3. The molecule has 0 saturated carbocycles. The van der Waals surface area contributed by atoms with Crippen molar-refractivity contribution in [1.82, 2.24) is 14.3 Å².